The molecule has 1 aliphatic rings. The Morgan fingerprint density at radius 1 is 1.14 bits per heavy atom. The Balaban J connectivity index is 1.42. The van der Waals surface area contributed by atoms with E-state index in [0.29, 0.717) is 0 Å². The quantitative estimate of drug-likeness (QED) is 0.679. The average Bonchev–Trinajstić information content (AvgIpc) is 3.20. The van der Waals surface area contributed by atoms with Gasteiger partial charge in [-0.3, -0.25) is 14.5 Å². The zero-order chi connectivity index (χ0) is 20.1. The summed E-state index contributed by atoms with van der Waals surface area (Å²) in [4.78, 5) is 18.8. The highest BCUT2D eigenvalue weighted by Crippen LogP contribution is 2.23. The van der Waals surface area contributed by atoms with Gasteiger partial charge < -0.3 is 15.0 Å². The zero-order valence-electron chi connectivity index (χ0n) is 16.3. The van der Waals surface area contributed by atoms with Crippen LogP contribution in [0.25, 0.3) is 17.2 Å². The summed E-state index contributed by atoms with van der Waals surface area (Å²) >= 11 is 0. The number of aryl methyl sites for hydroxylation is 1. The topological polar surface area (TPSA) is 72.3 Å². The Kier molecular flexibility index (Phi) is 5.67. The van der Waals surface area contributed by atoms with Crippen molar-refractivity contribution < 1.29 is 9.53 Å². The number of anilines is 2. The van der Waals surface area contributed by atoms with Crippen LogP contribution in [-0.4, -0.2) is 47.0 Å². The molecule has 4 rings (SSSR count). The first-order chi connectivity index (χ1) is 14.2. The number of hydrogen-bond donors (Lipinski definition) is 1. The molecule has 7 nitrogen and oxygen atoms in total. The van der Waals surface area contributed by atoms with Crippen LogP contribution < -0.4 is 10.2 Å². The minimum Gasteiger partial charge on any atom is -0.378 e. The third kappa shape index (κ3) is 4.70. The molecule has 0 radical (unpaired) electrons. The largest absolute Gasteiger partial charge is 0.378 e. The fourth-order valence-corrected chi connectivity index (χ4v) is 3.29. The van der Waals surface area contributed by atoms with Gasteiger partial charge in [-0.2, -0.15) is 5.10 Å². The molecular formula is C22H23N5O2. The van der Waals surface area contributed by atoms with Gasteiger partial charge >= 0.3 is 0 Å². The molecule has 29 heavy (non-hydrogen) atoms. The van der Waals surface area contributed by atoms with Crippen molar-refractivity contribution in [3.8, 4) is 11.1 Å². The molecule has 0 saturated carbocycles. The van der Waals surface area contributed by atoms with Gasteiger partial charge in [0.15, 0.2) is 0 Å². The highest BCUT2D eigenvalue weighted by atomic mass is 16.5. The number of aromatic nitrogens is 3. The van der Waals surface area contributed by atoms with Crippen molar-refractivity contribution in [1.29, 1.82) is 0 Å². The monoisotopic (exact) mass is 389 g/mol. The van der Waals surface area contributed by atoms with Crippen LogP contribution in [0.4, 0.5) is 11.4 Å². The number of pyridine rings is 1. The Morgan fingerprint density at radius 3 is 2.66 bits per heavy atom. The number of nitrogens with one attached hydrogen (secondary N) is 1. The van der Waals surface area contributed by atoms with Crippen molar-refractivity contribution in [1.82, 2.24) is 14.8 Å². The Morgan fingerprint density at radius 2 is 1.93 bits per heavy atom. The summed E-state index contributed by atoms with van der Waals surface area (Å²) in [5, 5.41) is 7.11. The number of carbonyl (C=O) groups is 1. The standard InChI is InChI=1S/C22H23N5O2/c1-26-16-18(15-24-26)21-8-9-23-14-17(21)2-7-22(28)25-19-3-5-20(6-4-19)27-10-12-29-13-11-27/h2-9,14-16H,10-13H2,1H3,(H,25,28)/b7-2+. The first-order valence-corrected chi connectivity index (χ1v) is 9.54. The third-order valence-electron chi connectivity index (χ3n) is 4.79. The molecule has 2 aromatic heterocycles. The number of rotatable bonds is 5. The first-order valence-electron chi connectivity index (χ1n) is 9.54. The van der Waals surface area contributed by atoms with E-state index in [1.165, 1.54) is 6.08 Å². The van der Waals surface area contributed by atoms with Crippen molar-refractivity contribution >= 4 is 23.4 Å². The Hall–Kier alpha value is -3.45. The van der Waals surface area contributed by atoms with E-state index in [4.69, 9.17) is 4.74 Å². The minimum atomic E-state index is -0.190. The van der Waals surface area contributed by atoms with Crippen LogP contribution in [-0.2, 0) is 16.6 Å². The van der Waals surface area contributed by atoms with Crippen molar-refractivity contribution in [2.24, 2.45) is 7.05 Å². The van der Waals surface area contributed by atoms with Crippen LogP contribution in [0.3, 0.4) is 0 Å². The number of nitrogens with zero attached hydrogens (tertiary/aromatic N) is 4. The van der Waals surface area contributed by atoms with E-state index in [0.717, 1.165) is 54.4 Å². The van der Waals surface area contributed by atoms with E-state index in [1.807, 2.05) is 43.6 Å². The normalized spacial score (nSPS) is 14.3. The molecule has 0 aliphatic carbocycles. The smallest absolute Gasteiger partial charge is 0.248 e. The second kappa shape index (κ2) is 8.70. The zero-order valence-corrected chi connectivity index (χ0v) is 16.3. The van der Waals surface area contributed by atoms with Crippen molar-refractivity contribution in [3.05, 3.63) is 66.8 Å². The summed E-state index contributed by atoms with van der Waals surface area (Å²) < 4.78 is 7.13. The highest BCUT2D eigenvalue weighted by molar-refractivity contribution is 6.02. The van der Waals surface area contributed by atoms with Gasteiger partial charge in [-0.1, -0.05) is 0 Å². The van der Waals surface area contributed by atoms with Crippen LogP contribution >= 0.6 is 0 Å². The van der Waals surface area contributed by atoms with Crippen LogP contribution in [0.1, 0.15) is 5.56 Å². The molecule has 3 aromatic rings. The van der Waals surface area contributed by atoms with Gasteiger partial charge in [0.2, 0.25) is 5.91 Å². The predicted octanol–water partition coefficient (Wildman–Crippen LogP) is 2.97. The molecule has 7 heteroatoms. The Bertz CT molecular complexity index is 1000. The molecule has 0 unspecified atom stereocenters. The van der Waals surface area contributed by atoms with Crippen LogP contribution in [0.15, 0.2) is 61.2 Å². The molecule has 1 aliphatic heterocycles. The van der Waals surface area contributed by atoms with Gasteiger partial charge in [-0.05, 0) is 42.0 Å². The summed E-state index contributed by atoms with van der Waals surface area (Å²) in [6.45, 7) is 3.27. The van der Waals surface area contributed by atoms with Gasteiger partial charge in [0.05, 0.1) is 19.4 Å². The number of morpholine rings is 1. The van der Waals surface area contributed by atoms with Gasteiger partial charge in [0.25, 0.3) is 0 Å². The van der Waals surface area contributed by atoms with E-state index < -0.39 is 0 Å². The lowest BCUT2D eigenvalue weighted by atomic mass is 10.0. The lowest BCUT2D eigenvalue weighted by Crippen LogP contribution is -2.36. The molecule has 0 bridgehead atoms. The molecular weight excluding hydrogens is 366 g/mol. The van der Waals surface area contributed by atoms with Crippen LogP contribution in [0.5, 0.6) is 0 Å². The summed E-state index contributed by atoms with van der Waals surface area (Å²) in [6.07, 6.45) is 10.5. The van der Waals surface area contributed by atoms with E-state index in [9.17, 15) is 4.79 Å². The average molecular weight is 389 g/mol. The van der Waals surface area contributed by atoms with E-state index in [1.54, 1.807) is 29.3 Å². The molecule has 1 amide bonds. The number of hydrogen-bond acceptors (Lipinski definition) is 5. The first kappa shape index (κ1) is 18.9. The predicted molar refractivity (Wildman–Crippen MR) is 114 cm³/mol. The molecule has 1 N–H and O–H groups in total. The fraction of sp³-hybridized carbons (Fsp3) is 0.227. The molecule has 1 aromatic carbocycles. The second-order valence-corrected chi connectivity index (χ2v) is 6.83. The van der Waals surface area contributed by atoms with E-state index in [2.05, 4.69) is 20.3 Å². The number of amides is 1. The molecule has 0 atom stereocenters. The van der Waals surface area contributed by atoms with E-state index >= 15 is 0 Å². The summed E-state index contributed by atoms with van der Waals surface area (Å²) in [6, 6.07) is 9.79. The molecule has 148 valence electrons. The maximum absolute atomic E-state index is 12.4. The van der Waals surface area contributed by atoms with Crippen molar-refractivity contribution in [2.75, 3.05) is 36.5 Å². The number of ether oxygens (including phenoxy) is 1. The van der Waals surface area contributed by atoms with Crippen LogP contribution in [0, 0.1) is 0 Å². The maximum atomic E-state index is 12.4. The lowest BCUT2D eigenvalue weighted by Gasteiger charge is -2.28. The van der Waals surface area contributed by atoms with Gasteiger partial charge in [-0.25, -0.2) is 0 Å². The number of benzene rings is 1. The van der Waals surface area contributed by atoms with Crippen molar-refractivity contribution in [3.63, 3.8) is 0 Å². The van der Waals surface area contributed by atoms with Gasteiger partial charge in [0.1, 0.15) is 0 Å². The molecule has 3 heterocycles. The molecule has 1 fully saturated rings. The molecule has 0 spiro atoms. The van der Waals surface area contributed by atoms with Crippen molar-refractivity contribution in [2.45, 2.75) is 0 Å². The SMILES string of the molecule is Cn1cc(-c2ccncc2/C=C/C(=O)Nc2ccc(N3CCOCC3)cc2)cn1. The summed E-state index contributed by atoms with van der Waals surface area (Å²) in [5.41, 5.74) is 4.72. The van der Waals surface area contributed by atoms with Gasteiger partial charge in [-0.15, -0.1) is 0 Å². The van der Waals surface area contributed by atoms with E-state index in [-0.39, 0.29) is 5.91 Å². The Labute approximate surface area is 169 Å². The number of carbonyl (C=O) groups excluding carboxylic acids is 1. The molecule has 1 saturated heterocycles. The summed E-state index contributed by atoms with van der Waals surface area (Å²) in [5.74, 6) is -0.190. The maximum Gasteiger partial charge on any atom is 0.248 e. The lowest BCUT2D eigenvalue weighted by molar-refractivity contribution is -0.111. The third-order valence-corrected chi connectivity index (χ3v) is 4.79. The van der Waals surface area contributed by atoms with Gasteiger partial charge in [0, 0.05) is 67.3 Å². The minimum absolute atomic E-state index is 0.190. The van der Waals surface area contributed by atoms with Crippen LogP contribution in [0.2, 0.25) is 0 Å². The fourth-order valence-electron chi connectivity index (χ4n) is 3.29. The highest BCUT2D eigenvalue weighted by Gasteiger charge is 2.11. The summed E-state index contributed by atoms with van der Waals surface area (Å²) in [7, 11) is 1.87. The second-order valence-electron chi connectivity index (χ2n) is 6.83.